The van der Waals surface area contributed by atoms with Crippen LogP contribution in [0.5, 0.6) is 0 Å². The van der Waals surface area contributed by atoms with Gasteiger partial charge < -0.3 is 25.3 Å². The van der Waals surface area contributed by atoms with E-state index in [0.717, 1.165) is 76.5 Å². The maximum Gasteiger partial charge on any atom is 0.298 e. The summed E-state index contributed by atoms with van der Waals surface area (Å²) in [5.74, 6) is -0.689. The number of rotatable bonds is 12. The number of nitrogen functional groups attached to an aromatic ring is 1. The summed E-state index contributed by atoms with van der Waals surface area (Å²) >= 11 is 5.41. The molecule has 3 aromatic carbocycles. The Hall–Kier alpha value is -4.47. The van der Waals surface area contributed by atoms with Crippen molar-refractivity contribution in [1.29, 1.82) is 0 Å². The van der Waals surface area contributed by atoms with E-state index >= 15 is 0 Å². The lowest BCUT2D eigenvalue weighted by Crippen LogP contribution is -2.47. The van der Waals surface area contributed by atoms with Gasteiger partial charge in [0, 0.05) is 69.0 Å². The van der Waals surface area contributed by atoms with Gasteiger partial charge in [0.15, 0.2) is 11.6 Å². The van der Waals surface area contributed by atoms with E-state index in [1.54, 1.807) is 24.4 Å². The number of nitrogens with two attached hydrogens (primary N) is 1. The molecule has 6 rings (SSSR count). The van der Waals surface area contributed by atoms with Gasteiger partial charge in [-0.25, -0.2) is 17.6 Å². The van der Waals surface area contributed by atoms with Gasteiger partial charge in [-0.2, -0.15) is 16.7 Å². The monoisotopic (exact) mass is 754 g/mol. The number of benzene rings is 3. The maximum absolute atomic E-state index is 15.0. The highest BCUT2D eigenvalue weighted by atomic mass is 32.2. The molecule has 2 aliphatic heterocycles. The van der Waals surface area contributed by atoms with Crippen LogP contribution < -0.4 is 20.9 Å². The summed E-state index contributed by atoms with van der Waals surface area (Å²) in [5, 5.41) is 3.12. The van der Waals surface area contributed by atoms with E-state index < -0.39 is 17.5 Å². The quantitative estimate of drug-likeness (QED) is 0.0586. The summed E-state index contributed by atoms with van der Waals surface area (Å²) in [6, 6.07) is 14.0. The summed E-state index contributed by atoms with van der Waals surface area (Å²) in [6.45, 7) is 10.1. The molecule has 0 radical (unpaired) electrons. The molecule has 0 spiro atoms. The number of aromatic nitrogens is 1. The van der Waals surface area contributed by atoms with Crippen LogP contribution in [0.4, 0.5) is 40.6 Å². The SMILES string of the molecule is C=N/C(=C\C=N/CNc1ccc(N2CCN(CCSC)CC2)c(F)c1)c1oc(N2CCCC2)nc1-c1cccc(N)c1F.Fc1cccc(F)c1S. The molecular formula is C37H42F4N8OS2. The van der Waals surface area contributed by atoms with Crippen molar-refractivity contribution in [1.82, 2.24) is 9.88 Å². The first-order valence-corrected chi connectivity index (χ1v) is 18.6. The van der Waals surface area contributed by atoms with Crippen molar-refractivity contribution in [2.75, 3.05) is 85.3 Å². The molecule has 3 N–H and O–H groups in total. The van der Waals surface area contributed by atoms with Gasteiger partial charge >= 0.3 is 0 Å². The number of nitrogens with zero attached hydrogens (tertiary/aromatic N) is 6. The Morgan fingerprint density at radius 3 is 2.35 bits per heavy atom. The van der Waals surface area contributed by atoms with Crippen LogP contribution in [0.1, 0.15) is 18.6 Å². The van der Waals surface area contributed by atoms with Gasteiger partial charge in [0.25, 0.3) is 6.01 Å². The Kier molecular flexibility index (Phi) is 14.0. The fourth-order valence-corrected chi connectivity index (χ4v) is 6.34. The van der Waals surface area contributed by atoms with Crippen molar-refractivity contribution >= 4 is 66.1 Å². The zero-order valence-electron chi connectivity index (χ0n) is 28.9. The van der Waals surface area contributed by atoms with Crippen LogP contribution in [0.25, 0.3) is 17.0 Å². The number of anilines is 4. The van der Waals surface area contributed by atoms with E-state index in [1.165, 1.54) is 18.2 Å². The number of thioether (sulfide) groups is 1. The summed E-state index contributed by atoms with van der Waals surface area (Å²) in [4.78, 5) is 19.4. The molecule has 2 aliphatic rings. The van der Waals surface area contributed by atoms with Crippen LogP contribution in [0.15, 0.2) is 80.0 Å². The molecule has 276 valence electrons. The summed E-state index contributed by atoms with van der Waals surface area (Å²) in [7, 11) is 0. The minimum Gasteiger partial charge on any atom is -0.421 e. The third-order valence-electron chi connectivity index (χ3n) is 8.60. The number of oxazole rings is 1. The molecule has 2 saturated heterocycles. The van der Waals surface area contributed by atoms with E-state index in [-0.39, 0.29) is 34.4 Å². The second-order valence-electron chi connectivity index (χ2n) is 12.0. The van der Waals surface area contributed by atoms with Gasteiger partial charge in [0.1, 0.15) is 35.5 Å². The van der Waals surface area contributed by atoms with Gasteiger partial charge in [-0.15, -0.1) is 12.6 Å². The van der Waals surface area contributed by atoms with Crippen molar-refractivity contribution in [2.45, 2.75) is 17.7 Å². The van der Waals surface area contributed by atoms with Crippen LogP contribution in [-0.2, 0) is 0 Å². The van der Waals surface area contributed by atoms with Crippen molar-refractivity contribution < 1.29 is 22.0 Å². The van der Waals surface area contributed by atoms with Gasteiger partial charge in [0.2, 0.25) is 0 Å². The van der Waals surface area contributed by atoms with E-state index in [1.807, 2.05) is 28.8 Å². The molecule has 9 nitrogen and oxygen atoms in total. The Morgan fingerprint density at radius 2 is 1.69 bits per heavy atom. The maximum atomic E-state index is 15.0. The molecule has 3 heterocycles. The number of hydrogen-bond donors (Lipinski definition) is 3. The highest BCUT2D eigenvalue weighted by Gasteiger charge is 2.26. The predicted molar refractivity (Wildman–Crippen MR) is 209 cm³/mol. The molecule has 52 heavy (non-hydrogen) atoms. The predicted octanol–water partition coefficient (Wildman–Crippen LogP) is 7.72. The molecular weight excluding hydrogens is 713 g/mol. The molecule has 15 heteroatoms. The first-order valence-electron chi connectivity index (χ1n) is 16.8. The van der Waals surface area contributed by atoms with Crippen LogP contribution in [0.3, 0.4) is 0 Å². The van der Waals surface area contributed by atoms with Crippen molar-refractivity contribution in [3.8, 4) is 11.3 Å². The molecule has 0 unspecified atom stereocenters. The number of hydrogen-bond acceptors (Lipinski definition) is 11. The lowest BCUT2D eigenvalue weighted by atomic mass is 10.1. The number of thiol groups is 1. The van der Waals surface area contributed by atoms with Gasteiger partial charge in [0.05, 0.1) is 16.3 Å². The summed E-state index contributed by atoms with van der Waals surface area (Å²) in [5.41, 5.74) is 7.98. The van der Waals surface area contributed by atoms with E-state index in [0.29, 0.717) is 28.8 Å². The molecule has 2 fully saturated rings. The average Bonchev–Trinajstić information content (AvgIpc) is 3.84. The van der Waals surface area contributed by atoms with Crippen LogP contribution >= 0.6 is 24.4 Å². The highest BCUT2D eigenvalue weighted by molar-refractivity contribution is 7.98. The zero-order chi connectivity index (χ0) is 37.0. The minimum atomic E-state index is -0.627. The molecule has 0 amide bonds. The largest absolute Gasteiger partial charge is 0.421 e. The normalized spacial score (nSPS) is 15.2. The van der Waals surface area contributed by atoms with Crippen molar-refractivity contribution in [3.05, 3.63) is 89.7 Å². The van der Waals surface area contributed by atoms with Crippen molar-refractivity contribution in [2.24, 2.45) is 9.98 Å². The number of halogens is 4. The van der Waals surface area contributed by atoms with Crippen LogP contribution in [-0.4, -0.2) is 87.3 Å². The lowest BCUT2D eigenvalue weighted by molar-refractivity contribution is 0.272. The standard InChI is InChI=1S/C31H38F2N8OS.C6H4F2S/c1-35-26(30-29(23-6-5-7-25(34)28(23)33)38-31(42-30)41-12-3-4-13-41)10-11-36-21-37-22-8-9-27(24(32)20-22)40-16-14-39(15-17-40)18-19-43-2;7-4-2-1-3-5(8)6(4)9/h5-11,20,37H,1,3-4,12-19,21,34H2,2H3;1-3,9H/b26-10-,36-11-;. The van der Waals surface area contributed by atoms with Crippen LogP contribution in [0, 0.1) is 23.3 Å². The molecule has 0 saturated carbocycles. The number of piperazine rings is 1. The smallest absolute Gasteiger partial charge is 0.298 e. The molecule has 4 aromatic rings. The number of aliphatic imine (C=N–C) groups is 2. The van der Waals surface area contributed by atoms with Gasteiger partial charge in [-0.1, -0.05) is 12.1 Å². The first kappa shape index (κ1) is 38.8. The highest BCUT2D eigenvalue weighted by Crippen LogP contribution is 2.36. The minimum absolute atomic E-state index is 0.0209. The fourth-order valence-electron chi connectivity index (χ4n) is 5.75. The van der Waals surface area contributed by atoms with Crippen LogP contribution in [0.2, 0.25) is 0 Å². The first-order chi connectivity index (χ1) is 25.2. The molecule has 0 bridgehead atoms. The van der Waals surface area contributed by atoms with E-state index in [2.05, 4.69) is 55.7 Å². The number of nitrogens with one attached hydrogen (secondary N) is 1. The third kappa shape index (κ3) is 9.89. The molecule has 1 aromatic heterocycles. The second kappa shape index (κ2) is 18.9. The Bertz CT molecular complexity index is 1850. The molecule has 0 atom stereocenters. The zero-order valence-corrected chi connectivity index (χ0v) is 30.6. The molecule has 0 aliphatic carbocycles. The summed E-state index contributed by atoms with van der Waals surface area (Å²) < 4.78 is 60.6. The third-order valence-corrected chi connectivity index (χ3v) is 9.62. The van der Waals surface area contributed by atoms with Crippen molar-refractivity contribution in [3.63, 3.8) is 0 Å². The van der Waals surface area contributed by atoms with Gasteiger partial charge in [-0.3, -0.25) is 14.9 Å². The van der Waals surface area contributed by atoms with E-state index in [4.69, 9.17) is 10.2 Å². The summed E-state index contributed by atoms with van der Waals surface area (Å²) in [6.07, 6.45) is 7.35. The topological polar surface area (TPSA) is 98.5 Å². The fraction of sp³-hybridized carbons (Fsp3) is 0.324. The average molecular weight is 755 g/mol. The lowest BCUT2D eigenvalue weighted by Gasteiger charge is -2.36. The Labute approximate surface area is 311 Å². The van der Waals surface area contributed by atoms with E-state index in [9.17, 15) is 17.6 Å². The second-order valence-corrected chi connectivity index (χ2v) is 13.4. The Balaban J connectivity index is 0.000000507. The Morgan fingerprint density at radius 1 is 0.981 bits per heavy atom. The van der Waals surface area contributed by atoms with Gasteiger partial charge in [-0.05, 0) is 74.4 Å². The number of allylic oxidation sites excluding steroid dienone is 1.